The Balaban J connectivity index is 0.000000403. The van der Waals surface area contributed by atoms with Crippen LogP contribution in [0.5, 0.6) is 0 Å². The smallest absolute Gasteiger partial charge is 0.346 e. The molecule has 3 heterocycles. The number of fused-ring (bicyclic) bond motifs is 1. The van der Waals surface area contributed by atoms with Gasteiger partial charge >= 0.3 is 10.4 Å². The molecule has 148 valence electrons. The second-order valence-corrected chi connectivity index (χ2v) is 7.49. The van der Waals surface area contributed by atoms with Crippen LogP contribution in [-0.2, 0) is 10.4 Å². The first-order valence-corrected chi connectivity index (χ1v) is 10.2. The molecule has 10 nitrogen and oxygen atoms in total. The zero-order valence-electron chi connectivity index (χ0n) is 14.9. The van der Waals surface area contributed by atoms with Gasteiger partial charge in [0.05, 0.1) is 30.4 Å². The predicted molar refractivity (Wildman–Crippen MR) is 101 cm³/mol. The fraction of sp³-hybridized carbons (Fsp3) is 0.412. The molecule has 3 aromatic heterocycles. The van der Waals surface area contributed by atoms with Gasteiger partial charge in [-0.25, -0.2) is 9.97 Å². The highest BCUT2D eigenvalue weighted by Crippen LogP contribution is 2.36. The Morgan fingerprint density at radius 3 is 2.71 bits per heavy atom. The van der Waals surface area contributed by atoms with Crippen molar-refractivity contribution in [1.82, 2.24) is 24.7 Å². The molecule has 4 rings (SSSR count). The fourth-order valence-corrected chi connectivity index (χ4v) is 3.66. The summed E-state index contributed by atoms with van der Waals surface area (Å²) in [7, 11) is -4.67. The van der Waals surface area contributed by atoms with Crippen LogP contribution in [0.4, 0.5) is 0 Å². The average molecular weight is 404 g/mol. The van der Waals surface area contributed by atoms with E-state index in [1.807, 2.05) is 29.3 Å². The van der Waals surface area contributed by atoms with E-state index in [-0.39, 0.29) is 6.04 Å². The van der Waals surface area contributed by atoms with Crippen LogP contribution >= 0.6 is 0 Å². The fourth-order valence-electron chi connectivity index (χ4n) is 3.66. The molecule has 28 heavy (non-hydrogen) atoms. The van der Waals surface area contributed by atoms with Crippen molar-refractivity contribution in [3.63, 3.8) is 0 Å². The standard InChI is InChI=1S/C17H18N6.H2O4S/c18-7-5-15(12-3-1-2-4-12)23-10-13(9-22-23)16-14-6-8-19-17(14)21-11-20-16;1-5(2,3)4/h6,8-12,15H,1-5H2,(H,19,20,21);(H2,1,2,3,4)/t15-;/m0./s1. The molecule has 0 spiro atoms. The Kier molecular flexibility index (Phi) is 6.03. The van der Waals surface area contributed by atoms with Crippen molar-refractivity contribution in [3.8, 4) is 17.3 Å². The van der Waals surface area contributed by atoms with Gasteiger partial charge in [0.25, 0.3) is 0 Å². The van der Waals surface area contributed by atoms with Crippen LogP contribution in [0, 0.1) is 17.2 Å². The molecular weight excluding hydrogens is 384 g/mol. The van der Waals surface area contributed by atoms with E-state index in [4.69, 9.17) is 17.5 Å². The van der Waals surface area contributed by atoms with E-state index < -0.39 is 10.4 Å². The third-order valence-electron chi connectivity index (χ3n) is 4.81. The largest absolute Gasteiger partial charge is 0.394 e. The first kappa shape index (κ1) is 19.9. The Hall–Kier alpha value is -2.81. The molecule has 1 saturated carbocycles. The van der Waals surface area contributed by atoms with Gasteiger partial charge in [-0.1, -0.05) is 12.8 Å². The van der Waals surface area contributed by atoms with Gasteiger partial charge < -0.3 is 4.98 Å². The molecule has 0 aromatic carbocycles. The molecule has 11 heteroatoms. The van der Waals surface area contributed by atoms with Gasteiger partial charge in [-0.2, -0.15) is 18.8 Å². The number of nitriles is 1. The zero-order valence-corrected chi connectivity index (χ0v) is 15.7. The quantitative estimate of drug-likeness (QED) is 0.560. The van der Waals surface area contributed by atoms with Crippen molar-refractivity contribution >= 4 is 21.4 Å². The summed E-state index contributed by atoms with van der Waals surface area (Å²) in [5.74, 6) is 0.556. The molecule has 0 aliphatic heterocycles. The van der Waals surface area contributed by atoms with E-state index in [2.05, 4.69) is 26.1 Å². The van der Waals surface area contributed by atoms with E-state index in [0.717, 1.165) is 22.3 Å². The topological polar surface area (TPSA) is 158 Å². The molecule has 0 amide bonds. The van der Waals surface area contributed by atoms with E-state index in [9.17, 15) is 5.26 Å². The third-order valence-corrected chi connectivity index (χ3v) is 4.81. The highest BCUT2D eigenvalue weighted by atomic mass is 32.3. The van der Waals surface area contributed by atoms with Crippen LogP contribution in [0.15, 0.2) is 31.0 Å². The molecule has 1 aliphatic carbocycles. The van der Waals surface area contributed by atoms with E-state index in [1.54, 1.807) is 6.33 Å². The zero-order chi connectivity index (χ0) is 20.1. The van der Waals surface area contributed by atoms with E-state index >= 15 is 0 Å². The highest BCUT2D eigenvalue weighted by molar-refractivity contribution is 7.79. The maximum atomic E-state index is 9.18. The summed E-state index contributed by atoms with van der Waals surface area (Å²) in [5.41, 5.74) is 2.68. The first-order chi connectivity index (χ1) is 13.4. The number of hydrogen-bond acceptors (Lipinski definition) is 6. The predicted octanol–water partition coefficient (Wildman–Crippen LogP) is 2.81. The minimum absolute atomic E-state index is 0.166. The lowest BCUT2D eigenvalue weighted by Gasteiger charge is -2.21. The lowest BCUT2D eigenvalue weighted by molar-refractivity contribution is 0.315. The maximum absolute atomic E-state index is 9.18. The Bertz CT molecular complexity index is 1070. The molecule has 0 radical (unpaired) electrons. The van der Waals surface area contributed by atoms with Crippen molar-refractivity contribution < 1.29 is 17.5 Å². The van der Waals surface area contributed by atoms with Gasteiger partial charge in [0.1, 0.15) is 12.0 Å². The number of nitrogens with zero attached hydrogens (tertiary/aromatic N) is 5. The number of H-pyrrole nitrogens is 1. The second-order valence-electron chi connectivity index (χ2n) is 6.59. The molecule has 0 bridgehead atoms. The Morgan fingerprint density at radius 1 is 1.32 bits per heavy atom. The summed E-state index contributed by atoms with van der Waals surface area (Å²) >= 11 is 0. The van der Waals surface area contributed by atoms with Crippen molar-refractivity contribution in [1.29, 1.82) is 5.26 Å². The Labute approximate surface area is 161 Å². The maximum Gasteiger partial charge on any atom is 0.394 e. The van der Waals surface area contributed by atoms with Crippen LogP contribution in [-0.4, -0.2) is 42.3 Å². The normalized spacial score (nSPS) is 15.8. The van der Waals surface area contributed by atoms with Crippen molar-refractivity contribution in [2.75, 3.05) is 0 Å². The third kappa shape index (κ3) is 4.92. The van der Waals surface area contributed by atoms with Crippen LogP contribution < -0.4 is 0 Å². The number of aromatic nitrogens is 5. The number of rotatable bonds is 4. The molecule has 1 fully saturated rings. The summed E-state index contributed by atoms with van der Waals surface area (Å²) in [6, 6.07) is 4.47. The van der Waals surface area contributed by atoms with Gasteiger partial charge in [-0.05, 0) is 24.8 Å². The van der Waals surface area contributed by atoms with Crippen molar-refractivity contribution in [3.05, 3.63) is 31.0 Å². The molecule has 0 saturated heterocycles. The highest BCUT2D eigenvalue weighted by Gasteiger charge is 2.27. The lowest BCUT2D eigenvalue weighted by Crippen LogP contribution is -2.17. The summed E-state index contributed by atoms with van der Waals surface area (Å²) in [5, 5.41) is 14.7. The van der Waals surface area contributed by atoms with Gasteiger partial charge in [0.2, 0.25) is 0 Å². The Morgan fingerprint density at radius 2 is 2.04 bits per heavy atom. The summed E-state index contributed by atoms with van der Waals surface area (Å²) < 4.78 is 33.6. The van der Waals surface area contributed by atoms with Crippen molar-refractivity contribution in [2.24, 2.45) is 5.92 Å². The van der Waals surface area contributed by atoms with E-state index in [0.29, 0.717) is 12.3 Å². The van der Waals surface area contributed by atoms with Gasteiger partial charge in [0, 0.05) is 23.3 Å². The minimum Gasteiger partial charge on any atom is -0.346 e. The van der Waals surface area contributed by atoms with Crippen LogP contribution in [0.3, 0.4) is 0 Å². The van der Waals surface area contributed by atoms with Gasteiger partial charge in [-0.15, -0.1) is 0 Å². The average Bonchev–Trinajstić information content (AvgIpc) is 3.39. The van der Waals surface area contributed by atoms with Crippen molar-refractivity contribution in [2.45, 2.75) is 38.1 Å². The molecule has 3 N–H and O–H groups in total. The molecule has 1 aliphatic rings. The second kappa shape index (κ2) is 8.47. The molecule has 1 atom stereocenters. The lowest BCUT2D eigenvalue weighted by atomic mass is 9.96. The summed E-state index contributed by atoms with van der Waals surface area (Å²) in [6.45, 7) is 0. The molecular formula is C17H20N6O4S. The summed E-state index contributed by atoms with van der Waals surface area (Å²) in [6.07, 6.45) is 12.7. The minimum atomic E-state index is -4.67. The first-order valence-electron chi connectivity index (χ1n) is 8.76. The number of nitrogens with one attached hydrogen (secondary N) is 1. The van der Waals surface area contributed by atoms with Gasteiger partial charge in [0.15, 0.2) is 0 Å². The molecule has 0 unspecified atom stereocenters. The van der Waals surface area contributed by atoms with E-state index in [1.165, 1.54) is 25.7 Å². The van der Waals surface area contributed by atoms with Gasteiger partial charge in [-0.3, -0.25) is 13.8 Å². The number of hydrogen-bond donors (Lipinski definition) is 3. The van der Waals surface area contributed by atoms with Crippen LogP contribution in [0.25, 0.3) is 22.3 Å². The number of aromatic amines is 1. The SMILES string of the molecule is N#CC[C@@H](C1CCCC1)n1cc(-c2ncnc3[nH]ccc23)cn1.O=S(=O)(O)O. The monoisotopic (exact) mass is 404 g/mol. The summed E-state index contributed by atoms with van der Waals surface area (Å²) in [4.78, 5) is 11.7. The van der Waals surface area contributed by atoms with Crippen LogP contribution in [0.1, 0.15) is 38.1 Å². The molecule has 3 aromatic rings. The van der Waals surface area contributed by atoms with Crippen LogP contribution in [0.2, 0.25) is 0 Å².